The fourth-order valence-corrected chi connectivity index (χ4v) is 10.4. The van der Waals surface area contributed by atoms with Gasteiger partial charge in [0, 0.05) is 7.11 Å². The summed E-state index contributed by atoms with van der Waals surface area (Å²) in [5.41, 5.74) is -2.73. The van der Waals surface area contributed by atoms with Gasteiger partial charge < -0.3 is 14.9 Å². The number of aliphatic hydroxyl groups is 2. The van der Waals surface area contributed by atoms with Crippen LogP contribution in [-0.4, -0.2) is 40.8 Å². The first-order valence-corrected chi connectivity index (χ1v) is 14.9. The van der Waals surface area contributed by atoms with Gasteiger partial charge in [-0.3, -0.25) is 0 Å². The molecule has 6 heteroatoms. The monoisotopic (exact) mass is 514 g/mol. The molecule has 2 N–H and O–H groups in total. The van der Waals surface area contributed by atoms with E-state index >= 15 is 0 Å². The number of ether oxygens (including phenoxy) is 1. The molecule has 0 aromatic heterocycles. The number of hydrogen-bond donors (Lipinski definition) is 2. The maximum absolute atomic E-state index is 13.6. The zero-order valence-electron chi connectivity index (χ0n) is 22.7. The highest BCUT2D eigenvalue weighted by molar-refractivity contribution is 5.11. The minimum absolute atomic E-state index is 0.0189. The number of alkyl halides is 3. The molecule has 3 nitrogen and oxygen atoms in total. The summed E-state index contributed by atoms with van der Waals surface area (Å²) in [6, 6.07) is 0. The first kappa shape index (κ1) is 27.2. The molecule has 0 spiro atoms. The molecular weight excluding hydrogens is 465 g/mol. The van der Waals surface area contributed by atoms with Gasteiger partial charge in [-0.05, 0) is 137 Å². The van der Waals surface area contributed by atoms with Crippen molar-refractivity contribution < 1.29 is 28.1 Å². The lowest BCUT2D eigenvalue weighted by Crippen LogP contribution is -2.59. The van der Waals surface area contributed by atoms with Gasteiger partial charge in [0.1, 0.15) is 0 Å². The maximum Gasteiger partial charge on any atom is 0.417 e. The van der Waals surface area contributed by atoms with Crippen LogP contribution in [-0.2, 0) is 4.74 Å². The molecule has 0 radical (unpaired) electrons. The van der Waals surface area contributed by atoms with Gasteiger partial charge in [0.25, 0.3) is 0 Å². The molecule has 5 aliphatic rings. The standard InChI is InChI=1S/C30H49F3O3/c1-26-14-12-25-23(8-6-21-19-29(35,30(31,32)33)18-17-27(21,25)2)24(26)9-7-20(26)5-4-13-28(34)15-10-22(36-3)11-16-28/h20-25,34-35H,4-19H2,1-3H3/t20-,21+,22-,23+,24+,25+,26-,27+,28+,29+/m1/s1. The summed E-state index contributed by atoms with van der Waals surface area (Å²) in [5, 5.41) is 21.5. The Bertz CT molecular complexity index is 793. The van der Waals surface area contributed by atoms with Crippen molar-refractivity contribution in [2.75, 3.05) is 7.11 Å². The Hall–Kier alpha value is -0.330. The van der Waals surface area contributed by atoms with E-state index in [0.717, 1.165) is 57.8 Å². The van der Waals surface area contributed by atoms with Gasteiger partial charge in [-0.2, -0.15) is 13.2 Å². The molecule has 0 aromatic rings. The third-order valence-corrected chi connectivity index (χ3v) is 12.8. The normalized spacial score (nSPS) is 51.3. The lowest BCUT2D eigenvalue weighted by atomic mass is 9.43. The van der Waals surface area contributed by atoms with Crippen LogP contribution in [0, 0.1) is 40.4 Å². The molecule has 0 unspecified atom stereocenters. The van der Waals surface area contributed by atoms with Crippen molar-refractivity contribution in [3.63, 3.8) is 0 Å². The third kappa shape index (κ3) is 4.47. The molecule has 5 saturated carbocycles. The van der Waals surface area contributed by atoms with E-state index in [1.54, 1.807) is 7.11 Å². The number of halogens is 3. The fourth-order valence-electron chi connectivity index (χ4n) is 10.4. The Labute approximate surface area is 215 Å². The van der Waals surface area contributed by atoms with Crippen LogP contribution in [0.5, 0.6) is 0 Å². The van der Waals surface area contributed by atoms with E-state index in [2.05, 4.69) is 13.8 Å². The molecule has 0 amide bonds. The zero-order valence-corrected chi connectivity index (χ0v) is 22.7. The summed E-state index contributed by atoms with van der Waals surface area (Å²) in [4.78, 5) is 0. The topological polar surface area (TPSA) is 49.7 Å². The smallest absolute Gasteiger partial charge is 0.390 e. The molecule has 0 aliphatic heterocycles. The summed E-state index contributed by atoms with van der Waals surface area (Å²) >= 11 is 0. The van der Waals surface area contributed by atoms with Crippen LogP contribution in [0.1, 0.15) is 117 Å². The van der Waals surface area contributed by atoms with Crippen LogP contribution in [0.25, 0.3) is 0 Å². The molecule has 208 valence electrons. The van der Waals surface area contributed by atoms with E-state index < -0.39 is 17.4 Å². The molecule has 0 saturated heterocycles. The Morgan fingerprint density at radius 1 is 0.806 bits per heavy atom. The van der Waals surface area contributed by atoms with Crippen molar-refractivity contribution in [3.8, 4) is 0 Å². The van der Waals surface area contributed by atoms with E-state index in [1.165, 1.54) is 25.7 Å². The second-order valence-corrected chi connectivity index (χ2v) is 14.3. The minimum atomic E-state index is -4.52. The lowest BCUT2D eigenvalue weighted by Gasteiger charge is -2.62. The van der Waals surface area contributed by atoms with Crippen LogP contribution >= 0.6 is 0 Å². The zero-order chi connectivity index (χ0) is 26.0. The summed E-state index contributed by atoms with van der Waals surface area (Å²) in [6.07, 6.45) is 9.56. The number of methoxy groups -OCH3 is 1. The average Bonchev–Trinajstić information content (AvgIpc) is 3.16. The van der Waals surface area contributed by atoms with E-state index in [1.807, 2.05) is 0 Å². The Balaban J connectivity index is 1.20. The largest absolute Gasteiger partial charge is 0.417 e. The molecule has 0 aromatic carbocycles. The predicted molar refractivity (Wildman–Crippen MR) is 134 cm³/mol. The number of rotatable bonds is 5. The third-order valence-electron chi connectivity index (χ3n) is 12.8. The Kier molecular flexibility index (Phi) is 7.11. The summed E-state index contributed by atoms with van der Waals surface area (Å²) in [6.45, 7) is 4.78. The van der Waals surface area contributed by atoms with Gasteiger partial charge in [0.2, 0.25) is 0 Å². The molecular formula is C30H49F3O3. The van der Waals surface area contributed by atoms with Gasteiger partial charge in [-0.15, -0.1) is 0 Å². The predicted octanol–water partition coefficient (Wildman–Crippen LogP) is 7.43. The molecule has 8 atom stereocenters. The summed E-state index contributed by atoms with van der Waals surface area (Å²) in [7, 11) is 1.77. The quantitative estimate of drug-likeness (QED) is 0.401. The maximum atomic E-state index is 13.6. The van der Waals surface area contributed by atoms with Crippen LogP contribution in [0.2, 0.25) is 0 Å². The van der Waals surface area contributed by atoms with Gasteiger partial charge in [0.05, 0.1) is 11.7 Å². The Morgan fingerprint density at radius 2 is 1.50 bits per heavy atom. The lowest BCUT2D eigenvalue weighted by molar-refractivity contribution is -0.290. The fraction of sp³-hybridized carbons (Fsp3) is 1.00. The van der Waals surface area contributed by atoms with E-state index in [-0.39, 0.29) is 24.2 Å². The van der Waals surface area contributed by atoms with E-state index in [4.69, 9.17) is 4.74 Å². The van der Waals surface area contributed by atoms with Gasteiger partial charge in [-0.1, -0.05) is 20.3 Å². The van der Waals surface area contributed by atoms with Gasteiger partial charge in [0.15, 0.2) is 5.60 Å². The highest BCUT2D eigenvalue weighted by Crippen LogP contribution is 2.69. The second-order valence-electron chi connectivity index (χ2n) is 14.3. The van der Waals surface area contributed by atoms with Crippen molar-refractivity contribution >= 4 is 0 Å². The summed E-state index contributed by atoms with van der Waals surface area (Å²) < 4.78 is 46.3. The van der Waals surface area contributed by atoms with Crippen LogP contribution < -0.4 is 0 Å². The number of fused-ring (bicyclic) bond motifs is 5. The minimum Gasteiger partial charge on any atom is -0.390 e. The molecule has 36 heavy (non-hydrogen) atoms. The molecule has 5 aliphatic carbocycles. The molecule has 0 heterocycles. The average molecular weight is 515 g/mol. The van der Waals surface area contributed by atoms with Crippen molar-refractivity contribution in [1.82, 2.24) is 0 Å². The first-order valence-electron chi connectivity index (χ1n) is 14.9. The van der Waals surface area contributed by atoms with E-state index in [0.29, 0.717) is 41.6 Å². The number of hydrogen-bond acceptors (Lipinski definition) is 3. The van der Waals surface area contributed by atoms with Crippen molar-refractivity contribution in [3.05, 3.63) is 0 Å². The Morgan fingerprint density at radius 3 is 2.17 bits per heavy atom. The van der Waals surface area contributed by atoms with E-state index in [9.17, 15) is 23.4 Å². The van der Waals surface area contributed by atoms with Crippen molar-refractivity contribution in [1.29, 1.82) is 0 Å². The SMILES string of the molecule is CO[C@H]1CC[C@](O)(CCC[C@@H]2CC[C@H]3[C@@H]4CC[C@H]5C[C@](O)(C(F)(F)F)CC[C@]5(C)[C@H]4CC[C@]23C)CC1. The molecule has 5 rings (SSSR count). The first-order chi connectivity index (χ1) is 16.8. The highest BCUT2D eigenvalue weighted by Gasteiger charge is 2.64. The molecule has 0 bridgehead atoms. The van der Waals surface area contributed by atoms with Crippen LogP contribution in [0.3, 0.4) is 0 Å². The van der Waals surface area contributed by atoms with Crippen molar-refractivity contribution in [2.24, 2.45) is 40.4 Å². The van der Waals surface area contributed by atoms with Gasteiger partial charge in [-0.25, -0.2) is 0 Å². The van der Waals surface area contributed by atoms with Gasteiger partial charge >= 0.3 is 6.18 Å². The van der Waals surface area contributed by atoms with Crippen LogP contribution in [0.15, 0.2) is 0 Å². The highest BCUT2D eigenvalue weighted by atomic mass is 19.4. The molecule has 5 fully saturated rings. The van der Waals surface area contributed by atoms with Crippen molar-refractivity contribution in [2.45, 2.75) is 140 Å². The second kappa shape index (κ2) is 9.40. The van der Waals surface area contributed by atoms with Crippen LogP contribution in [0.4, 0.5) is 13.2 Å². The summed E-state index contributed by atoms with van der Waals surface area (Å²) in [5.74, 6) is 2.50.